The SMILES string of the molecule is Cc1ccc(Nc2cc(CC3CCOCC3)c(C(N)=O)cn2)cc1Cl. The van der Waals surface area contributed by atoms with Gasteiger partial charge < -0.3 is 15.8 Å². The number of carbonyl (C=O) groups excluding carboxylic acids is 1. The van der Waals surface area contributed by atoms with Crippen molar-refractivity contribution >= 4 is 29.0 Å². The van der Waals surface area contributed by atoms with Crippen molar-refractivity contribution in [2.75, 3.05) is 18.5 Å². The largest absolute Gasteiger partial charge is 0.381 e. The Kier molecular flexibility index (Phi) is 5.56. The molecule has 0 radical (unpaired) electrons. The molecule has 6 heteroatoms. The number of ether oxygens (including phenoxy) is 1. The molecule has 0 atom stereocenters. The van der Waals surface area contributed by atoms with Gasteiger partial charge in [0, 0.05) is 30.1 Å². The van der Waals surface area contributed by atoms with Crippen LogP contribution in [-0.2, 0) is 11.2 Å². The highest BCUT2D eigenvalue weighted by atomic mass is 35.5. The molecule has 0 spiro atoms. The Hall–Kier alpha value is -2.11. The number of carbonyl (C=O) groups is 1. The van der Waals surface area contributed by atoms with Crippen LogP contribution in [0.1, 0.15) is 34.3 Å². The molecule has 2 heterocycles. The van der Waals surface area contributed by atoms with Gasteiger partial charge in [-0.2, -0.15) is 0 Å². The Labute approximate surface area is 152 Å². The number of primary amides is 1. The highest BCUT2D eigenvalue weighted by Crippen LogP contribution is 2.26. The van der Waals surface area contributed by atoms with Crippen LogP contribution in [0.25, 0.3) is 0 Å². The highest BCUT2D eigenvalue weighted by molar-refractivity contribution is 6.31. The van der Waals surface area contributed by atoms with Gasteiger partial charge in [0.15, 0.2) is 0 Å². The Bertz CT molecular complexity index is 773. The third kappa shape index (κ3) is 4.50. The van der Waals surface area contributed by atoms with Gasteiger partial charge in [0.1, 0.15) is 5.82 Å². The zero-order valence-corrected chi connectivity index (χ0v) is 15.0. The van der Waals surface area contributed by atoms with Crippen LogP contribution in [0, 0.1) is 12.8 Å². The van der Waals surface area contributed by atoms with E-state index in [0.29, 0.717) is 22.3 Å². The highest BCUT2D eigenvalue weighted by Gasteiger charge is 2.18. The van der Waals surface area contributed by atoms with E-state index in [1.165, 1.54) is 0 Å². The fourth-order valence-electron chi connectivity index (χ4n) is 3.04. The number of aromatic nitrogens is 1. The molecule has 1 aliphatic rings. The molecule has 1 aromatic carbocycles. The molecule has 5 nitrogen and oxygen atoms in total. The molecule has 0 bridgehead atoms. The topological polar surface area (TPSA) is 77.2 Å². The lowest BCUT2D eigenvalue weighted by Crippen LogP contribution is -2.20. The Morgan fingerprint density at radius 2 is 2.12 bits per heavy atom. The normalized spacial score (nSPS) is 15.1. The minimum Gasteiger partial charge on any atom is -0.381 e. The molecule has 25 heavy (non-hydrogen) atoms. The minimum absolute atomic E-state index is 0.445. The first-order valence-corrected chi connectivity index (χ1v) is 8.80. The average molecular weight is 360 g/mol. The first-order chi connectivity index (χ1) is 12.0. The maximum absolute atomic E-state index is 11.7. The number of nitrogens with two attached hydrogens (primary N) is 1. The molecule has 0 saturated carbocycles. The predicted octanol–water partition coefficient (Wildman–Crippen LogP) is 3.86. The van der Waals surface area contributed by atoms with Gasteiger partial charge in [0.05, 0.1) is 5.56 Å². The molecule has 0 unspecified atom stereocenters. The van der Waals surface area contributed by atoms with E-state index in [0.717, 1.165) is 49.3 Å². The molecule has 0 aliphatic carbocycles. The third-order valence-corrected chi connectivity index (χ3v) is 4.96. The van der Waals surface area contributed by atoms with Crippen molar-refractivity contribution in [1.82, 2.24) is 4.98 Å². The lowest BCUT2D eigenvalue weighted by Gasteiger charge is -2.23. The number of hydrogen-bond acceptors (Lipinski definition) is 4. The van der Waals surface area contributed by atoms with Crippen molar-refractivity contribution in [3.63, 3.8) is 0 Å². The number of benzene rings is 1. The van der Waals surface area contributed by atoms with E-state index in [1.54, 1.807) is 6.20 Å². The fourth-order valence-corrected chi connectivity index (χ4v) is 3.22. The number of halogens is 1. The molecule has 1 fully saturated rings. The standard InChI is InChI=1S/C19H22ClN3O2/c1-12-2-3-15(10-17(12)20)23-18-9-14(16(11-22-18)19(21)24)8-13-4-6-25-7-5-13/h2-3,9-11,13H,4-8H2,1H3,(H2,21,24)(H,22,23). The zero-order valence-electron chi connectivity index (χ0n) is 14.2. The number of rotatable bonds is 5. The van der Waals surface area contributed by atoms with E-state index in [2.05, 4.69) is 10.3 Å². The van der Waals surface area contributed by atoms with Crippen molar-refractivity contribution in [3.05, 3.63) is 52.2 Å². The maximum Gasteiger partial charge on any atom is 0.250 e. The Morgan fingerprint density at radius 1 is 1.36 bits per heavy atom. The van der Waals surface area contributed by atoms with E-state index in [9.17, 15) is 4.79 Å². The number of hydrogen-bond donors (Lipinski definition) is 2. The predicted molar refractivity (Wildman–Crippen MR) is 99.5 cm³/mol. The molecule has 1 aliphatic heterocycles. The van der Waals surface area contributed by atoms with Gasteiger partial charge in [0.25, 0.3) is 5.91 Å². The van der Waals surface area contributed by atoms with Crippen molar-refractivity contribution in [2.24, 2.45) is 11.7 Å². The summed E-state index contributed by atoms with van der Waals surface area (Å²) in [6.45, 7) is 3.50. The summed E-state index contributed by atoms with van der Waals surface area (Å²) < 4.78 is 5.41. The quantitative estimate of drug-likeness (QED) is 0.849. The van der Waals surface area contributed by atoms with Gasteiger partial charge in [0.2, 0.25) is 0 Å². The third-order valence-electron chi connectivity index (χ3n) is 4.55. The van der Waals surface area contributed by atoms with E-state index < -0.39 is 5.91 Å². The van der Waals surface area contributed by atoms with Gasteiger partial charge in [-0.1, -0.05) is 17.7 Å². The first-order valence-electron chi connectivity index (χ1n) is 8.42. The van der Waals surface area contributed by atoms with E-state index in [1.807, 2.05) is 31.2 Å². The second kappa shape index (κ2) is 7.85. The summed E-state index contributed by atoms with van der Waals surface area (Å²) in [7, 11) is 0. The molecule has 3 N–H and O–H groups in total. The van der Waals surface area contributed by atoms with Crippen LogP contribution >= 0.6 is 11.6 Å². The van der Waals surface area contributed by atoms with Crippen molar-refractivity contribution in [1.29, 1.82) is 0 Å². The van der Waals surface area contributed by atoms with Crippen LogP contribution in [0.15, 0.2) is 30.5 Å². The van der Waals surface area contributed by atoms with Gasteiger partial charge in [-0.15, -0.1) is 0 Å². The van der Waals surface area contributed by atoms with Gasteiger partial charge >= 0.3 is 0 Å². The van der Waals surface area contributed by atoms with Crippen LogP contribution in [-0.4, -0.2) is 24.1 Å². The molecular weight excluding hydrogens is 338 g/mol. The molecule has 2 aromatic rings. The smallest absolute Gasteiger partial charge is 0.250 e. The number of amides is 1. The molecule has 1 aromatic heterocycles. The van der Waals surface area contributed by atoms with Crippen LogP contribution in [0.4, 0.5) is 11.5 Å². The monoisotopic (exact) mass is 359 g/mol. The lowest BCUT2D eigenvalue weighted by atomic mass is 9.90. The minimum atomic E-state index is -0.445. The summed E-state index contributed by atoms with van der Waals surface area (Å²) in [5, 5.41) is 3.94. The Morgan fingerprint density at radius 3 is 2.80 bits per heavy atom. The van der Waals surface area contributed by atoms with Crippen molar-refractivity contribution < 1.29 is 9.53 Å². The number of pyridine rings is 1. The second-order valence-corrected chi connectivity index (χ2v) is 6.85. The number of nitrogens with one attached hydrogen (secondary N) is 1. The summed E-state index contributed by atoms with van der Waals surface area (Å²) in [5.74, 6) is 0.724. The summed E-state index contributed by atoms with van der Waals surface area (Å²) in [6.07, 6.45) is 4.34. The van der Waals surface area contributed by atoms with Crippen LogP contribution < -0.4 is 11.1 Å². The molecule has 132 valence electrons. The zero-order chi connectivity index (χ0) is 17.8. The lowest BCUT2D eigenvalue weighted by molar-refractivity contribution is 0.0664. The fraction of sp³-hybridized carbons (Fsp3) is 0.368. The van der Waals surface area contributed by atoms with E-state index in [-0.39, 0.29) is 0 Å². The molecule has 1 saturated heterocycles. The van der Waals surface area contributed by atoms with Crippen LogP contribution in [0.5, 0.6) is 0 Å². The molecule has 1 amide bonds. The summed E-state index contributed by atoms with van der Waals surface area (Å²) in [4.78, 5) is 16.1. The van der Waals surface area contributed by atoms with Gasteiger partial charge in [-0.05, 0) is 61.4 Å². The van der Waals surface area contributed by atoms with Crippen molar-refractivity contribution in [3.8, 4) is 0 Å². The average Bonchev–Trinajstić information content (AvgIpc) is 2.59. The maximum atomic E-state index is 11.7. The van der Waals surface area contributed by atoms with Crippen LogP contribution in [0.2, 0.25) is 5.02 Å². The summed E-state index contributed by atoms with van der Waals surface area (Å²) in [6, 6.07) is 7.66. The molecular formula is C19H22ClN3O2. The summed E-state index contributed by atoms with van der Waals surface area (Å²) >= 11 is 6.17. The first kappa shape index (κ1) is 17.7. The van der Waals surface area contributed by atoms with Crippen molar-refractivity contribution in [2.45, 2.75) is 26.2 Å². The van der Waals surface area contributed by atoms with Gasteiger partial charge in [-0.3, -0.25) is 4.79 Å². The van der Waals surface area contributed by atoms with Gasteiger partial charge in [-0.25, -0.2) is 4.98 Å². The number of anilines is 2. The number of aryl methyl sites for hydroxylation is 1. The summed E-state index contributed by atoms with van der Waals surface area (Å²) in [5.41, 5.74) is 8.80. The van der Waals surface area contributed by atoms with E-state index >= 15 is 0 Å². The molecule has 3 rings (SSSR count). The van der Waals surface area contributed by atoms with Crippen LogP contribution in [0.3, 0.4) is 0 Å². The Balaban J connectivity index is 1.83. The second-order valence-electron chi connectivity index (χ2n) is 6.44. The van der Waals surface area contributed by atoms with E-state index in [4.69, 9.17) is 22.1 Å². The number of nitrogens with zero attached hydrogens (tertiary/aromatic N) is 1.